The summed E-state index contributed by atoms with van der Waals surface area (Å²) in [7, 11) is 0. The fourth-order valence-corrected chi connectivity index (χ4v) is 7.62. The Morgan fingerprint density at radius 3 is 2.33 bits per heavy atom. The summed E-state index contributed by atoms with van der Waals surface area (Å²) >= 11 is 1.41. The minimum Gasteiger partial charge on any atom is -0.473 e. The van der Waals surface area contributed by atoms with Crippen molar-refractivity contribution in [2.75, 3.05) is 26.2 Å². The summed E-state index contributed by atoms with van der Waals surface area (Å²) in [4.78, 5) is 29.0. The van der Waals surface area contributed by atoms with Crippen molar-refractivity contribution in [1.82, 2.24) is 20.7 Å². The molecule has 36 heavy (non-hydrogen) atoms. The summed E-state index contributed by atoms with van der Waals surface area (Å²) in [6.45, 7) is 5.72. The van der Waals surface area contributed by atoms with Crippen molar-refractivity contribution in [3.63, 3.8) is 0 Å². The first-order valence-corrected chi connectivity index (χ1v) is 14.0. The SMILES string of the molecule is CCN(CC)C(=O)NCCOc1noc(C(=O)NC23CC4CC(CC(C4)C2)C3)c1Sc1ccccc1. The van der Waals surface area contributed by atoms with E-state index in [9.17, 15) is 9.59 Å². The number of hydrogen-bond acceptors (Lipinski definition) is 6. The molecule has 4 fully saturated rings. The highest BCUT2D eigenvalue weighted by Crippen LogP contribution is 2.55. The van der Waals surface area contributed by atoms with Crippen molar-refractivity contribution in [3.05, 3.63) is 36.1 Å². The number of hydrogen-bond donors (Lipinski definition) is 2. The minimum absolute atomic E-state index is 0.122. The molecule has 1 aromatic carbocycles. The molecule has 6 rings (SSSR count). The molecular weight excluding hydrogens is 476 g/mol. The molecule has 2 N–H and O–H groups in total. The van der Waals surface area contributed by atoms with Crippen LogP contribution in [0.4, 0.5) is 4.79 Å². The maximum Gasteiger partial charge on any atom is 0.317 e. The number of amides is 3. The van der Waals surface area contributed by atoms with Gasteiger partial charge in [-0.2, -0.15) is 0 Å². The molecule has 4 bridgehead atoms. The van der Waals surface area contributed by atoms with Crippen LogP contribution in [0.5, 0.6) is 5.88 Å². The summed E-state index contributed by atoms with van der Waals surface area (Å²) in [5.74, 6) is 2.45. The highest BCUT2D eigenvalue weighted by atomic mass is 32.2. The van der Waals surface area contributed by atoms with Crippen LogP contribution in [0.25, 0.3) is 0 Å². The molecule has 0 unspecified atom stereocenters. The molecule has 8 nitrogen and oxygen atoms in total. The van der Waals surface area contributed by atoms with E-state index in [0.29, 0.717) is 24.5 Å². The van der Waals surface area contributed by atoms with Gasteiger partial charge in [-0.25, -0.2) is 4.79 Å². The Balaban J connectivity index is 1.28. The lowest BCUT2D eigenvalue weighted by Crippen LogP contribution is -2.59. The van der Waals surface area contributed by atoms with Gasteiger partial charge in [0, 0.05) is 23.5 Å². The lowest BCUT2D eigenvalue weighted by Gasteiger charge is -2.56. The second-order valence-corrected chi connectivity index (χ2v) is 11.5. The first kappa shape index (κ1) is 25.0. The minimum atomic E-state index is -0.215. The van der Waals surface area contributed by atoms with E-state index in [1.807, 2.05) is 44.2 Å². The molecule has 0 spiro atoms. The van der Waals surface area contributed by atoms with E-state index in [4.69, 9.17) is 9.26 Å². The molecule has 0 atom stereocenters. The van der Waals surface area contributed by atoms with Gasteiger partial charge in [0.15, 0.2) is 0 Å². The van der Waals surface area contributed by atoms with E-state index in [1.165, 1.54) is 31.0 Å². The smallest absolute Gasteiger partial charge is 0.317 e. The third-order valence-corrected chi connectivity index (χ3v) is 8.95. The van der Waals surface area contributed by atoms with Crippen molar-refractivity contribution >= 4 is 23.7 Å². The van der Waals surface area contributed by atoms with Gasteiger partial charge in [0.25, 0.3) is 11.8 Å². The van der Waals surface area contributed by atoms with Gasteiger partial charge in [-0.15, -0.1) is 0 Å². The molecule has 0 saturated heterocycles. The Bertz CT molecular complexity index is 1030. The molecule has 2 aromatic rings. The molecule has 3 amide bonds. The molecule has 9 heteroatoms. The molecule has 0 radical (unpaired) electrons. The average Bonchev–Trinajstić information content (AvgIpc) is 3.24. The lowest BCUT2D eigenvalue weighted by molar-refractivity contribution is -0.0173. The molecule has 194 valence electrons. The maximum atomic E-state index is 13.5. The van der Waals surface area contributed by atoms with Crippen LogP contribution >= 0.6 is 11.8 Å². The highest BCUT2D eigenvalue weighted by Gasteiger charge is 2.52. The number of nitrogens with zero attached hydrogens (tertiary/aromatic N) is 2. The Morgan fingerprint density at radius 2 is 1.72 bits per heavy atom. The fourth-order valence-electron chi connectivity index (χ4n) is 6.69. The number of ether oxygens (including phenoxy) is 1. The van der Waals surface area contributed by atoms with Crippen molar-refractivity contribution in [1.29, 1.82) is 0 Å². The highest BCUT2D eigenvalue weighted by molar-refractivity contribution is 7.99. The molecule has 0 aliphatic heterocycles. The number of nitrogens with one attached hydrogen (secondary N) is 2. The van der Waals surface area contributed by atoms with Crippen molar-refractivity contribution in [3.8, 4) is 5.88 Å². The van der Waals surface area contributed by atoms with Gasteiger partial charge in [-0.1, -0.05) is 30.0 Å². The topological polar surface area (TPSA) is 96.7 Å². The monoisotopic (exact) mass is 512 g/mol. The first-order chi connectivity index (χ1) is 17.5. The van der Waals surface area contributed by atoms with Crippen LogP contribution in [-0.2, 0) is 0 Å². The average molecular weight is 513 g/mol. The third-order valence-electron chi connectivity index (χ3n) is 7.87. The van der Waals surface area contributed by atoms with Gasteiger partial charge in [0.05, 0.1) is 6.54 Å². The number of rotatable bonds is 10. The zero-order chi connectivity index (χ0) is 25.1. The van der Waals surface area contributed by atoms with Crippen LogP contribution in [-0.4, -0.2) is 53.8 Å². The molecule has 4 saturated carbocycles. The zero-order valence-electron chi connectivity index (χ0n) is 21.1. The zero-order valence-corrected chi connectivity index (χ0v) is 21.9. The Kier molecular flexibility index (Phi) is 7.46. The number of urea groups is 1. The molecule has 1 aromatic heterocycles. The maximum absolute atomic E-state index is 13.5. The molecule has 1 heterocycles. The summed E-state index contributed by atoms with van der Waals surface area (Å²) in [5.41, 5.74) is -0.122. The second kappa shape index (κ2) is 10.7. The predicted molar refractivity (Wildman–Crippen MR) is 137 cm³/mol. The van der Waals surface area contributed by atoms with Gasteiger partial charge in [0.2, 0.25) is 5.76 Å². The van der Waals surface area contributed by atoms with E-state index >= 15 is 0 Å². The van der Waals surface area contributed by atoms with Crippen molar-refractivity contribution < 1.29 is 18.8 Å². The van der Waals surface area contributed by atoms with E-state index in [-0.39, 0.29) is 35.7 Å². The van der Waals surface area contributed by atoms with Crippen LogP contribution in [0.2, 0.25) is 0 Å². The van der Waals surface area contributed by atoms with E-state index in [2.05, 4.69) is 15.8 Å². The summed E-state index contributed by atoms with van der Waals surface area (Å²) < 4.78 is 11.5. The second-order valence-electron chi connectivity index (χ2n) is 10.5. The molecule has 4 aliphatic rings. The van der Waals surface area contributed by atoms with Gasteiger partial charge in [-0.3, -0.25) is 4.79 Å². The summed E-state index contributed by atoms with van der Waals surface area (Å²) in [5, 5.41) is 10.4. The Hall–Kier alpha value is -2.68. The van der Waals surface area contributed by atoms with Crippen LogP contribution in [0, 0.1) is 17.8 Å². The van der Waals surface area contributed by atoms with Gasteiger partial charge in [0.1, 0.15) is 11.5 Å². The van der Waals surface area contributed by atoms with Crippen molar-refractivity contribution in [2.45, 2.75) is 67.7 Å². The predicted octanol–water partition coefficient (Wildman–Crippen LogP) is 4.95. The number of aromatic nitrogens is 1. The third kappa shape index (κ3) is 5.36. The molecule has 4 aliphatic carbocycles. The van der Waals surface area contributed by atoms with E-state index < -0.39 is 0 Å². The van der Waals surface area contributed by atoms with Crippen molar-refractivity contribution in [2.24, 2.45) is 17.8 Å². The van der Waals surface area contributed by atoms with Gasteiger partial charge >= 0.3 is 6.03 Å². The van der Waals surface area contributed by atoms with Gasteiger partial charge < -0.3 is 24.8 Å². The number of carbonyl (C=O) groups excluding carboxylic acids is 2. The molecular formula is C27H36N4O4S. The van der Waals surface area contributed by atoms with E-state index in [0.717, 1.165) is 41.9 Å². The quantitative estimate of drug-likeness (QED) is 0.437. The van der Waals surface area contributed by atoms with Crippen LogP contribution in [0.1, 0.15) is 62.9 Å². The Morgan fingerprint density at radius 1 is 1.08 bits per heavy atom. The van der Waals surface area contributed by atoms with Crippen LogP contribution < -0.4 is 15.4 Å². The normalized spacial score (nSPS) is 26.0. The van der Waals surface area contributed by atoms with E-state index in [1.54, 1.807) is 4.90 Å². The summed E-state index contributed by atoms with van der Waals surface area (Å²) in [6.07, 6.45) is 7.14. The largest absolute Gasteiger partial charge is 0.473 e. The number of benzene rings is 1. The number of carbonyl (C=O) groups is 2. The van der Waals surface area contributed by atoms with Crippen LogP contribution in [0.3, 0.4) is 0 Å². The van der Waals surface area contributed by atoms with Crippen LogP contribution in [0.15, 0.2) is 44.6 Å². The first-order valence-electron chi connectivity index (χ1n) is 13.2. The van der Waals surface area contributed by atoms with Gasteiger partial charge in [-0.05, 0) is 87.4 Å². The standard InChI is InChI=1S/C27H36N4O4S/c1-3-31(4-2)26(33)28-10-11-34-25-23(36-21-8-6-5-7-9-21)22(35-30-25)24(32)29-27-15-18-12-19(16-27)14-20(13-18)17-27/h5-9,18-20H,3-4,10-17H2,1-2H3,(H,28,33)(H,29,32). The lowest BCUT2D eigenvalue weighted by atomic mass is 9.53. The summed E-state index contributed by atoms with van der Waals surface area (Å²) in [6, 6.07) is 9.69. The fraction of sp³-hybridized carbons (Fsp3) is 0.593. The Labute approximate surface area is 216 Å².